The SMILES string of the molecule is CCOc1ccc(Nc2nccc(NCCc3cccc(Cl)c3)n2)cc1. The van der Waals surface area contributed by atoms with E-state index in [-0.39, 0.29) is 0 Å². The molecule has 0 fully saturated rings. The van der Waals surface area contributed by atoms with Crippen LogP contribution >= 0.6 is 11.6 Å². The molecule has 1 aromatic heterocycles. The van der Waals surface area contributed by atoms with Gasteiger partial charge >= 0.3 is 0 Å². The molecule has 0 saturated carbocycles. The van der Waals surface area contributed by atoms with Crippen LogP contribution in [0.4, 0.5) is 17.5 Å². The summed E-state index contributed by atoms with van der Waals surface area (Å²) in [6.07, 6.45) is 2.60. The lowest BCUT2D eigenvalue weighted by Gasteiger charge is -2.09. The van der Waals surface area contributed by atoms with Crippen LogP contribution in [0.1, 0.15) is 12.5 Å². The van der Waals surface area contributed by atoms with Gasteiger partial charge in [0.1, 0.15) is 11.6 Å². The molecule has 0 aliphatic heterocycles. The molecule has 0 atom stereocenters. The van der Waals surface area contributed by atoms with Gasteiger partial charge in [-0.05, 0) is 61.4 Å². The molecule has 1 heterocycles. The highest BCUT2D eigenvalue weighted by molar-refractivity contribution is 6.30. The Hall–Kier alpha value is -2.79. The summed E-state index contributed by atoms with van der Waals surface area (Å²) in [5, 5.41) is 7.26. The highest BCUT2D eigenvalue weighted by atomic mass is 35.5. The Morgan fingerprint density at radius 1 is 1.08 bits per heavy atom. The molecule has 0 aliphatic carbocycles. The number of ether oxygens (including phenoxy) is 1. The number of hydrogen-bond donors (Lipinski definition) is 2. The lowest BCUT2D eigenvalue weighted by molar-refractivity contribution is 0.340. The van der Waals surface area contributed by atoms with Crippen molar-refractivity contribution in [2.45, 2.75) is 13.3 Å². The van der Waals surface area contributed by atoms with Gasteiger partial charge in [-0.1, -0.05) is 23.7 Å². The summed E-state index contributed by atoms with van der Waals surface area (Å²) < 4.78 is 5.44. The maximum atomic E-state index is 6.01. The third kappa shape index (κ3) is 5.36. The summed E-state index contributed by atoms with van der Waals surface area (Å²) in [6.45, 7) is 3.38. The minimum atomic E-state index is 0.543. The molecule has 5 nitrogen and oxygen atoms in total. The van der Waals surface area contributed by atoms with Crippen molar-refractivity contribution in [1.82, 2.24) is 9.97 Å². The molecule has 0 unspecified atom stereocenters. The van der Waals surface area contributed by atoms with Gasteiger partial charge in [0, 0.05) is 23.5 Å². The average Bonchev–Trinajstić information content (AvgIpc) is 2.64. The number of nitrogens with one attached hydrogen (secondary N) is 2. The van der Waals surface area contributed by atoms with Gasteiger partial charge in [-0.25, -0.2) is 4.98 Å². The fraction of sp³-hybridized carbons (Fsp3) is 0.200. The highest BCUT2D eigenvalue weighted by Crippen LogP contribution is 2.19. The van der Waals surface area contributed by atoms with E-state index in [0.29, 0.717) is 12.6 Å². The fourth-order valence-electron chi connectivity index (χ4n) is 2.48. The molecule has 0 amide bonds. The van der Waals surface area contributed by atoms with Crippen LogP contribution in [0.2, 0.25) is 5.02 Å². The summed E-state index contributed by atoms with van der Waals surface area (Å²) in [7, 11) is 0. The van der Waals surface area contributed by atoms with Gasteiger partial charge in [0.05, 0.1) is 6.61 Å². The lowest BCUT2D eigenvalue weighted by atomic mass is 10.1. The molecule has 2 N–H and O–H groups in total. The second kappa shape index (κ2) is 9.06. The molecule has 3 aromatic rings. The van der Waals surface area contributed by atoms with Crippen molar-refractivity contribution >= 4 is 29.1 Å². The maximum absolute atomic E-state index is 6.01. The molecule has 3 rings (SSSR count). The van der Waals surface area contributed by atoms with Gasteiger partial charge in [0.25, 0.3) is 0 Å². The molecule has 134 valence electrons. The molecule has 0 aliphatic rings. The van der Waals surface area contributed by atoms with Gasteiger partial charge in [-0.15, -0.1) is 0 Å². The summed E-state index contributed by atoms with van der Waals surface area (Å²) >= 11 is 6.01. The lowest BCUT2D eigenvalue weighted by Crippen LogP contribution is -2.07. The minimum absolute atomic E-state index is 0.543. The normalized spacial score (nSPS) is 10.4. The van der Waals surface area contributed by atoms with Gasteiger partial charge in [0.15, 0.2) is 0 Å². The van der Waals surface area contributed by atoms with E-state index in [4.69, 9.17) is 16.3 Å². The number of benzene rings is 2. The van der Waals surface area contributed by atoms with Crippen molar-refractivity contribution in [3.63, 3.8) is 0 Å². The number of hydrogen-bond acceptors (Lipinski definition) is 5. The molecule has 0 spiro atoms. The Kier molecular flexibility index (Phi) is 6.28. The van der Waals surface area contributed by atoms with E-state index in [2.05, 4.69) is 26.7 Å². The van der Waals surface area contributed by atoms with Crippen molar-refractivity contribution in [1.29, 1.82) is 0 Å². The van der Waals surface area contributed by atoms with Crippen LogP contribution in [0.3, 0.4) is 0 Å². The third-order valence-corrected chi connectivity index (χ3v) is 3.92. The standard InChI is InChI=1S/C20H21ClN4O/c1-2-26-18-8-6-17(7-9-18)24-20-23-13-11-19(25-20)22-12-10-15-4-3-5-16(21)14-15/h3-9,11,13-14H,2,10,12H2,1H3,(H2,22,23,24,25). The van der Waals surface area contributed by atoms with Crippen molar-refractivity contribution in [2.24, 2.45) is 0 Å². The van der Waals surface area contributed by atoms with E-state index in [1.54, 1.807) is 6.20 Å². The van der Waals surface area contributed by atoms with E-state index >= 15 is 0 Å². The van der Waals surface area contributed by atoms with Crippen molar-refractivity contribution < 1.29 is 4.74 Å². The van der Waals surface area contributed by atoms with Crippen molar-refractivity contribution in [2.75, 3.05) is 23.8 Å². The first kappa shape index (κ1) is 18.0. The van der Waals surface area contributed by atoms with Crippen LogP contribution in [-0.4, -0.2) is 23.1 Å². The van der Waals surface area contributed by atoms with Crippen LogP contribution in [0.25, 0.3) is 0 Å². The van der Waals surface area contributed by atoms with E-state index in [1.165, 1.54) is 5.56 Å². The van der Waals surface area contributed by atoms with Crippen LogP contribution in [0.5, 0.6) is 5.75 Å². The highest BCUT2D eigenvalue weighted by Gasteiger charge is 2.01. The van der Waals surface area contributed by atoms with Gasteiger partial charge in [-0.3, -0.25) is 0 Å². The average molecular weight is 369 g/mol. The molecule has 6 heteroatoms. The van der Waals surface area contributed by atoms with Crippen LogP contribution in [-0.2, 0) is 6.42 Å². The summed E-state index contributed by atoms with van der Waals surface area (Å²) in [6, 6.07) is 17.4. The first-order chi connectivity index (χ1) is 12.7. The van der Waals surface area contributed by atoms with Crippen molar-refractivity contribution in [3.8, 4) is 5.75 Å². The number of aromatic nitrogens is 2. The van der Waals surface area contributed by atoms with Crippen molar-refractivity contribution in [3.05, 3.63) is 71.4 Å². The van der Waals surface area contributed by atoms with Gasteiger partial charge in [-0.2, -0.15) is 4.98 Å². The Balaban J connectivity index is 1.55. The second-order valence-corrected chi connectivity index (χ2v) is 6.09. The van der Waals surface area contributed by atoms with Crippen LogP contribution < -0.4 is 15.4 Å². The topological polar surface area (TPSA) is 59.1 Å². The maximum Gasteiger partial charge on any atom is 0.229 e. The summed E-state index contributed by atoms with van der Waals surface area (Å²) in [5.74, 6) is 2.16. The first-order valence-electron chi connectivity index (χ1n) is 8.54. The molecular weight excluding hydrogens is 348 g/mol. The Bertz CT molecular complexity index is 839. The zero-order valence-corrected chi connectivity index (χ0v) is 15.3. The van der Waals surface area contributed by atoms with E-state index in [9.17, 15) is 0 Å². The zero-order chi connectivity index (χ0) is 18.2. The van der Waals surface area contributed by atoms with Crippen LogP contribution in [0, 0.1) is 0 Å². The number of anilines is 3. The van der Waals surface area contributed by atoms with Gasteiger partial charge in [0.2, 0.25) is 5.95 Å². The molecule has 0 saturated heterocycles. The largest absolute Gasteiger partial charge is 0.494 e. The van der Waals surface area contributed by atoms with E-state index < -0.39 is 0 Å². The van der Waals surface area contributed by atoms with Gasteiger partial charge < -0.3 is 15.4 Å². The summed E-state index contributed by atoms with van der Waals surface area (Å²) in [5.41, 5.74) is 2.09. The number of halogens is 1. The minimum Gasteiger partial charge on any atom is -0.494 e. The summed E-state index contributed by atoms with van der Waals surface area (Å²) in [4.78, 5) is 8.75. The molecular formula is C20H21ClN4O. The monoisotopic (exact) mass is 368 g/mol. The molecule has 2 aromatic carbocycles. The Morgan fingerprint density at radius 2 is 1.92 bits per heavy atom. The fourth-order valence-corrected chi connectivity index (χ4v) is 2.69. The quantitative estimate of drug-likeness (QED) is 0.590. The predicted molar refractivity (Wildman–Crippen MR) is 107 cm³/mol. The first-order valence-corrected chi connectivity index (χ1v) is 8.92. The van der Waals surface area contributed by atoms with E-state index in [0.717, 1.165) is 35.2 Å². The zero-order valence-electron chi connectivity index (χ0n) is 14.6. The second-order valence-electron chi connectivity index (χ2n) is 5.65. The third-order valence-electron chi connectivity index (χ3n) is 3.69. The smallest absolute Gasteiger partial charge is 0.229 e. The predicted octanol–water partition coefficient (Wildman–Crippen LogP) is 4.93. The van der Waals surface area contributed by atoms with Crippen LogP contribution in [0.15, 0.2) is 60.8 Å². The Labute approximate surface area is 158 Å². The number of nitrogens with zero attached hydrogens (tertiary/aromatic N) is 2. The Morgan fingerprint density at radius 3 is 2.69 bits per heavy atom. The molecule has 0 radical (unpaired) electrons. The number of rotatable bonds is 8. The van der Waals surface area contributed by atoms with E-state index in [1.807, 2.05) is 55.5 Å². The molecule has 26 heavy (non-hydrogen) atoms. The molecule has 0 bridgehead atoms.